The monoisotopic (exact) mass is 528 g/mol. The van der Waals surface area contributed by atoms with E-state index in [9.17, 15) is 17.6 Å². The van der Waals surface area contributed by atoms with Crippen molar-refractivity contribution in [2.24, 2.45) is 5.92 Å². The summed E-state index contributed by atoms with van der Waals surface area (Å²) in [5, 5.41) is 2.00. The van der Waals surface area contributed by atoms with Gasteiger partial charge in [-0.3, -0.25) is 4.79 Å². The number of nitrogens with zero attached hydrogens (tertiary/aromatic N) is 2. The first-order chi connectivity index (χ1) is 17.3. The van der Waals surface area contributed by atoms with Gasteiger partial charge in [-0.15, -0.1) is 11.3 Å². The van der Waals surface area contributed by atoms with Crippen molar-refractivity contribution < 1.29 is 22.3 Å². The van der Waals surface area contributed by atoms with Crippen LogP contribution in [0.15, 0.2) is 64.9 Å². The van der Waals surface area contributed by atoms with Crippen molar-refractivity contribution in [2.45, 2.75) is 37.1 Å². The summed E-state index contributed by atoms with van der Waals surface area (Å²) < 4.78 is 47.9. The average molecular weight is 529 g/mol. The third-order valence-corrected chi connectivity index (χ3v) is 9.57. The number of amides is 1. The summed E-state index contributed by atoms with van der Waals surface area (Å²) >= 11 is 1.64. The van der Waals surface area contributed by atoms with Crippen LogP contribution in [0.2, 0.25) is 0 Å². The molecule has 0 spiro atoms. The molecule has 1 amide bonds. The number of fused-ring (bicyclic) bond motifs is 1. The van der Waals surface area contributed by atoms with Crippen LogP contribution in [0.4, 0.5) is 4.39 Å². The summed E-state index contributed by atoms with van der Waals surface area (Å²) in [4.78, 5) is 16.8. The van der Waals surface area contributed by atoms with E-state index in [-0.39, 0.29) is 35.9 Å². The molecule has 1 saturated carbocycles. The maximum atomic E-state index is 13.7. The zero-order valence-corrected chi connectivity index (χ0v) is 21.7. The fourth-order valence-electron chi connectivity index (χ4n) is 4.54. The number of aryl methyl sites for hydroxylation is 1. The SMILES string of the molecule is Cc1ccc(S(=O)(=O)N(CC(=O)N2CCc3sccc3[C@H]2COc2cccc(F)c2)CC2CC2)cc1. The molecule has 2 heterocycles. The van der Waals surface area contributed by atoms with E-state index in [0.717, 1.165) is 24.0 Å². The molecule has 9 heteroatoms. The second-order valence-electron chi connectivity index (χ2n) is 9.47. The van der Waals surface area contributed by atoms with Crippen molar-refractivity contribution in [1.82, 2.24) is 9.21 Å². The van der Waals surface area contributed by atoms with Gasteiger partial charge in [-0.05, 0) is 73.4 Å². The second-order valence-corrected chi connectivity index (χ2v) is 12.4. The lowest BCUT2D eigenvalue weighted by molar-refractivity contribution is -0.135. The summed E-state index contributed by atoms with van der Waals surface area (Å²) in [6, 6.07) is 14.3. The molecule has 0 N–H and O–H groups in total. The van der Waals surface area contributed by atoms with Gasteiger partial charge in [-0.25, -0.2) is 12.8 Å². The van der Waals surface area contributed by atoms with Crippen molar-refractivity contribution in [3.63, 3.8) is 0 Å². The highest BCUT2D eigenvalue weighted by Crippen LogP contribution is 2.35. The molecule has 1 aromatic heterocycles. The summed E-state index contributed by atoms with van der Waals surface area (Å²) in [5.74, 6) is 0.0328. The highest BCUT2D eigenvalue weighted by atomic mass is 32.2. The number of carbonyl (C=O) groups is 1. The molecule has 1 atom stereocenters. The highest BCUT2D eigenvalue weighted by Gasteiger charge is 2.37. The smallest absolute Gasteiger partial charge is 0.243 e. The Labute approximate surface area is 215 Å². The summed E-state index contributed by atoms with van der Waals surface area (Å²) in [7, 11) is -3.82. The zero-order chi connectivity index (χ0) is 25.3. The van der Waals surface area contributed by atoms with E-state index in [4.69, 9.17) is 4.74 Å². The fraction of sp³-hybridized carbons (Fsp3) is 0.370. The Hall–Kier alpha value is -2.75. The van der Waals surface area contributed by atoms with E-state index in [2.05, 4.69) is 0 Å². The number of ether oxygens (including phenoxy) is 1. The maximum Gasteiger partial charge on any atom is 0.243 e. The molecule has 0 saturated heterocycles. The molecule has 0 radical (unpaired) electrons. The van der Waals surface area contributed by atoms with E-state index in [1.165, 1.54) is 21.3 Å². The average Bonchev–Trinajstić information content (AvgIpc) is 3.55. The molecular formula is C27H29FN2O4S2. The third-order valence-electron chi connectivity index (χ3n) is 6.75. The van der Waals surface area contributed by atoms with Crippen LogP contribution >= 0.6 is 11.3 Å². The Balaban J connectivity index is 1.37. The third kappa shape index (κ3) is 5.48. The van der Waals surface area contributed by atoms with Crippen molar-refractivity contribution >= 4 is 27.3 Å². The van der Waals surface area contributed by atoms with Gasteiger partial charge in [0.05, 0.1) is 17.5 Å². The molecule has 5 rings (SSSR count). The fourth-order valence-corrected chi connectivity index (χ4v) is 6.94. The number of sulfonamides is 1. The summed E-state index contributed by atoms with van der Waals surface area (Å²) in [6.45, 7) is 2.66. The molecule has 0 unspecified atom stereocenters. The van der Waals surface area contributed by atoms with Gasteiger partial charge in [0.2, 0.25) is 15.9 Å². The van der Waals surface area contributed by atoms with Crippen LogP contribution in [-0.2, 0) is 21.2 Å². The lowest BCUT2D eigenvalue weighted by atomic mass is 10.0. The molecule has 1 fully saturated rings. The minimum absolute atomic E-state index is 0.159. The lowest BCUT2D eigenvalue weighted by Crippen LogP contribution is -2.48. The summed E-state index contributed by atoms with van der Waals surface area (Å²) in [6.07, 6.45) is 2.66. The second kappa shape index (κ2) is 10.3. The standard InChI is InChI=1S/C27H29FN2O4S2/c1-19-5-9-23(10-6-19)36(32,33)29(16-20-7-8-20)17-27(31)30-13-11-26-24(12-14-35-26)25(30)18-34-22-4-2-3-21(28)15-22/h2-6,9-10,12,14-15,20,25H,7-8,11,13,16-18H2,1H3/t25-/m1/s1. The number of hydrogen-bond donors (Lipinski definition) is 0. The van der Waals surface area contributed by atoms with Gasteiger partial charge in [0, 0.05) is 24.0 Å². The number of carbonyl (C=O) groups excluding carboxylic acids is 1. The zero-order valence-electron chi connectivity index (χ0n) is 20.1. The van der Waals surface area contributed by atoms with Crippen molar-refractivity contribution in [3.8, 4) is 5.75 Å². The van der Waals surface area contributed by atoms with Gasteiger partial charge in [-0.1, -0.05) is 23.8 Å². The Kier molecular flexibility index (Phi) is 7.14. The van der Waals surface area contributed by atoms with E-state index in [1.807, 2.05) is 18.4 Å². The first-order valence-corrected chi connectivity index (χ1v) is 14.4. The van der Waals surface area contributed by atoms with E-state index in [0.29, 0.717) is 25.3 Å². The molecule has 3 aromatic rings. The predicted octanol–water partition coefficient (Wildman–Crippen LogP) is 4.80. The minimum Gasteiger partial charge on any atom is -0.491 e. The van der Waals surface area contributed by atoms with Gasteiger partial charge < -0.3 is 9.64 Å². The molecule has 1 aliphatic carbocycles. The Morgan fingerprint density at radius 2 is 1.94 bits per heavy atom. The van der Waals surface area contributed by atoms with Crippen LogP contribution in [0, 0.1) is 18.7 Å². The molecule has 2 aromatic carbocycles. The van der Waals surface area contributed by atoms with Crippen molar-refractivity contribution in [2.75, 3.05) is 26.2 Å². The Morgan fingerprint density at radius 1 is 1.17 bits per heavy atom. The number of rotatable bonds is 9. The Morgan fingerprint density at radius 3 is 2.67 bits per heavy atom. The molecule has 2 aliphatic rings. The van der Waals surface area contributed by atoms with Gasteiger partial charge in [0.1, 0.15) is 18.2 Å². The topological polar surface area (TPSA) is 66.9 Å². The van der Waals surface area contributed by atoms with Crippen LogP contribution < -0.4 is 4.74 Å². The first kappa shape index (κ1) is 24.9. The molecule has 1 aliphatic heterocycles. The van der Waals surface area contributed by atoms with Gasteiger partial charge >= 0.3 is 0 Å². The van der Waals surface area contributed by atoms with E-state index in [1.54, 1.807) is 52.6 Å². The largest absolute Gasteiger partial charge is 0.491 e. The number of benzene rings is 2. The first-order valence-electron chi connectivity index (χ1n) is 12.1. The van der Waals surface area contributed by atoms with Gasteiger partial charge in [0.25, 0.3) is 0 Å². The molecule has 190 valence electrons. The van der Waals surface area contributed by atoms with Gasteiger partial charge in [-0.2, -0.15) is 4.31 Å². The minimum atomic E-state index is -3.82. The lowest BCUT2D eigenvalue weighted by Gasteiger charge is -2.37. The quantitative estimate of drug-likeness (QED) is 0.400. The maximum absolute atomic E-state index is 13.7. The van der Waals surface area contributed by atoms with Gasteiger partial charge in [0.15, 0.2) is 0 Å². The van der Waals surface area contributed by atoms with Crippen LogP contribution in [0.5, 0.6) is 5.75 Å². The van der Waals surface area contributed by atoms with Crippen LogP contribution in [0.1, 0.15) is 34.9 Å². The molecular weight excluding hydrogens is 499 g/mol. The molecule has 0 bridgehead atoms. The summed E-state index contributed by atoms with van der Waals surface area (Å²) in [5.41, 5.74) is 1.98. The predicted molar refractivity (Wildman–Crippen MR) is 137 cm³/mol. The highest BCUT2D eigenvalue weighted by molar-refractivity contribution is 7.89. The van der Waals surface area contributed by atoms with E-state index >= 15 is 0 Å². The molecule has 36 heavy (non-hydrogen) atoms. The Bertz CT molecular complexity index is 1340. The number of thiophene rings is 1. The number of halogens is 1. The number of hydrogen-bond acceptors (Lipinski definition) is 5. The van der Waals surface area contributed by atoms with Crippen LogP contribution in [0.25, 0.3) is 0 Å². The van der Waals surface area contributed by atoms with Crippen molar-refractivity contribution in [3.05, 3.63) is 81.8 Å². The molecule has 6 nitrogen and oxygen atoms in total. The van der Waals surface area contributed by atoms with E-state index < -0.39 is 15.8 Å². The normalized spacial score (nSPS) is 17.8. The van der Waals surface area contributed by atoms with Crippen LogP contribution in [-0.4, -0.2) is 49.8 Å². The van der Waals surface area contributed by atoms with Crippen molar-refractivity contribution in [1.29, 1.82) is 0 Å². The van der Waals surface area contributed by atoms with Crippen LogP contribution in [0.3, 0.4) is 0 Å².